The molecule has 1 saturated carbocycles. The van der Waals surface area contributed by atoms with Gasteiger partial charge >= 0.3 is 0 Å². The Kier molecular flexibility index (Phi) is 3.39. The number of hydrogen-bond acceptors (Lipinski definition) is 2. The second kappa shape index (κ2) is 4.60. The molecule has 1 fully saturated rings. The number of rotatable bonds is 2. The molecule has 2 nitrogen and oxygen atoms in total. The smallest absolute Gasteiger partial charge is 0.0741 e. The molecule has 0 saturated heterocycles. The summed E-state index contributed by atoms with van der Waals surface area (Å²) in [5.74, 6) is 0. The Morgan fingerprint density at radius 2 is 2.07 bits per heavy atom. The molecule has 2 atom stereocenters. The van der Waals surface area contributed by atoms with Crippen molar-refractivity contribution in [2.75, 3.05) is 5.32 Å². The third-order valence-corrected chi connectivity index (χ3v) is 3.30. The highest BCUT2D eigenvalue weighted by molar-refractivity contribution is 6.36. The first-order valence-electron chi connectivity index (χ1n) is 5.06. The van der Waals surface area contributed by atoms with E-state index in [4.69, 9.17) is 23.2 Å². The summed E-state index contributed by atoms with van der Waals surface area (Å²) in [7, 11) is 0. The maximum absolute atomic E-state index is 9.66. The van der Waals surface area contributed by atoms with Gasteiger partial charge in [-0.3, -0.25) is 0 Å². The molecule has 0 heterocycles. The second-order valence-corrected chi connectivity index (χ2v) is 4.72. The molecular weight excluding hydrogens is 233 g/mol. The molecule has 0 unspecified atom stereocenters. The summed E-state index contributed by atoms with van der Waals surface area (Å²) in [5, 5.41) is 14.1. The predicted octanol–water partition coefficient (Wildman–Crippen LogP) is 3.32. The largest absolute Gasteiger partial charge is 0.391 e. The molecular formula is C11H13Cl2NO. The van der Waals surface area contributed by atoms with Gasteiger partial charge in [0.15, 0.2) is 0 Å². The van der Waals surface area contributed by atoms with E-state index in [1.807, 2.05) is 6.07 Å². The normalized spacial score (nSPS) is 25.5. The first-order valence-corrected chi connectivity index (χ1v) is 5.82. The number of hydrogen-bond donors (Lipinski definition) is 2. The van der Waals surface area contributed by atoms with Crippen molar-refractivity contribution in [1.82, 2.24) is 0 Å². The zero-order chi connectivity index (χ0) is 10.8. The Hall–Kier alpha value is -0.440. The highest BCUT2D eigenvalue weighted by atomic mass is 35.5. The summed E-state index contributed by atoms with van der Waals surface area (Å²) < 4.78 is 0. The standard InChI is InChI=1S/C11H13Cl2NO/c12-7-4-5-9(8(13)6-7)14-10-2-1-3-11(10)15/h4-6,10-11,14-15H,1-3H2/t10-,11-/m1/s1. The van der Waals surface area contributed by atoms with Crippen LogP contribution in [0.4, 0.5) is 5.69 Å². The van der Waals surface area contributed by atoms with Gasteiger partial charge in [0.25, 0.3) is 0 Å². The van der Waals surface area contributed by atoms with Gasteiger partial charge in [-0.05, 0) is 37.5 Å². The molecule has 2 rings (SSSR count). The van der Waals surface area contributed by atoms with Crippen LogP contribution >= 0.6 is 23.2 Å². The molecule has 82 valence electrons. The molecule has 4 heteroatoms. The van der Waals surface area contributed by atoms with Crippen molar-refractivity contribution >= 4 is 28.9 Å². The summed E-state index contributed by atoms with van der Waals surface area (Å²) in [6.45, 7) is 0. The SMILES string of the molecule is O[C@@H]1CCC[C@H]1Nc1ccc(Cl)cc1Cl. The Morgan fingerprint density at radius 3 is 2.67 bits per heavy atom. The Labute approximate surface area is 99.2 Å². The molecule has 0 spiro atoms. The third-order valence-electron chi connectivity index (χ3n) is 2.75. The number of aliphatic hydroxyl groups excluding tert-OH is 1. The van der Waals surface area contributed by atoms with Crippen molar-refractivity contribution < 1.29 is 5.11 Å². The lowest BCUT2D eigenvalue weighted by Crippen LogP contribution is -2.27. The van der Waals surface area contributed by atoms with E-state index < -0.39 is 0 Å². The van der Waals surface area contributed by atoms with Gasteiger partial charge in [-0.15, -0.1) is 0 Å². The van der Waals surface area contributed by atoms with Crippen LogP contribution in [0, 0.1) is 0 Å². The van der Waals surface area contributed by atoms with Crippen molar-refractivity contribution in [1.29, 1.82) is 0 Å². The second-order valence-electron chi connectivity index (χ2n) is 3.87. The fraction of sp³-hybridized carbons (Fsp3) is 0.455. The van der Waals surface area contributed by atoms with Gasteiger partial charge in [0.1, 0.15) is 0 Å². The average molecular weight is 246 g/mol. The molecule has 0 aliphatic heterocycles. The van der Waals surface area contributed by atoms with Gasteiger partial charge in [-0.25, -0.2) is 0 Å². The molecule has 0 bridgehead atoms. The molecule has 1 aliphatic rings. The van der Waals surface area contributed by atoms with Crippen LogP contribution in [0.5, 0.6) is 0 Å². The summed E-state index contributed by atoms with van der Waals surface area (Å²) >= 11 is 11.8. The third kappa shape index (κ3) is 2.57. The number of nitrogens with one attached hydrogen (secondary N) is 1. The van der Waals surface area contributed by atoms with Crippen LogP contribution in [-0.2, 0) is 0 Å². The predicted molar refractivity (Wildman–Crippen MR) is 63.7 cm³/mol. The Balaban J connectivity index is 2.10. The zero-order valence-electron chi connectivity index (χ0n) is 8.21. The van der Waals surface area contributed by atoms with Crippen LogP contribution in [0.3, 0.4) is 0 Å². The number of anilines is 1. The molecule has 1 aliphatic carbocycles. The van der Waals surface area contributed by atoms with Gasteiger partial charge in [0.2, 0.25) is 0 Å². The van der Waals surface area contributed by atoms with Crippen LogP contribution in [0.15, 0.2) is 18.2 Å². The van der Waals surface area contributed by atoms with E-state index >= 15 is 0 Å². The molecule has 2 N–H and O–H groups in total. The summed E-state index contributed by atoms with van der Waals surface area (Å²) in [6, 6.07) is 5.45. The van der Waals surface area contributed by atoms with Gasteiger partial charge in [0, 0.05) is 5.02 Å². The molecule has 0 amide bonds. The average Bonchev–Trinajstić information content (AvgIpc) is 2.57. The minimum absolute atomic E-state index is 0.115. The minimum Gasteiger partial charge on any atom is -0.391 e. The quantitative estimate of drug-likeness (QED) is 0.838. The van der Waals surface area contributed by atoms with Gasteiger partial charge in [0.05, 0.1) is 22.9 Å². The Morgan fingerprint density at radius 1 is 1.27 bits per heavy atom. The summed E-state index contributed by atoms with van der Waals surface area (Å²) in [6.07, 6.45) is 2.64. The van der Waals surface area contributed by atoms with E-state index in [1.165, 1.54) is 0 Å². The first-order chi connectivity index (χ1) is 7.16. The van der Waals surface area contributed by atoms with Crippen LogP contribution in [-0.4, -0.2) is 17.3 Å². The van der Waals surface area contributed by atoms with Gasteiger partial charge < -0.3 is 10.4 Å². The van der Waals surface area contributed by atoms with E-state index in [9.17, 15) is 5.11 Å². The number of halogens is 2. The minimum atomic E-state index is -0.267. The fourth-order valence-corrected chi connectivity index (χ4v) is 2.38. The topological polar surface area (TPSA) is 32.3 Å². The summed E-state index contributed by atoms with van der Waals surface area (Å²) in [4.78, 5) is 0. The van der Waals surface area contributed by atoms with Crippen molar-refractivity contribution in [3.8, 4) is 0 Å². The molecule has 1 aromatic rings. The van der Waals surface area contributed by atoms with Crippen LogP contribution < -0.4 is 5.32 Å². The first kappa shape index (κ1) is 11.1. The lowest BCUT2D eigenvalue weighted by atomic mass is 10.2. The van der Waals surface area contributed by atoms with Gasteiger partial charge in [-0.2, -0.15) is 0 Å². The van der Waals surface area contributed by atoms with E-state index in [-0.39, 0.29) is 12.1 Å². The molecule has 0 aromatic heterocycles. The monoisotopic (exact) mass is 245 g/mol. The molecule has 15 heavy (non-hydrogen) atoms. The molecule has 0 radical (unpaired) electrons. The lowest BCUT2D eigenvalue weighted by Gasteiger charge is -2.18. The van der Waals surface area contributed by atoms with Crippen LogP contribution in [0.1, 0.15) is 19.3 Å². The van der Waals surface area contributed by atoms with Crippen LogP contribution in [0.2, 0.25) is 10.0 Å². The lowest BCUT2D eigenvalue weighted by molar-refractivity contribution is 0.172. The highest BCUT2D eigenvalue weighted by Gasteiger charge is 2.25. The van der Waals surface area contributed by atoms with Crippen molar-refractivity contribution in [3.05, 3.63) is 28.2 Å². The maximum Gasteiger partial charge on any atom is 0.0741 e. The Bertz CT molecular complexity index is 356. The van der Waals surface area contributed by atoms with Crippen molar-refractivity contribution in [2.24, 2.45) is 0 Å². The van der Waals surface area contributed by atoms with Crippen molar-refractivity contribution in [2.45, 2.75) is 31.4 Å². The van der Waals surface area contributed by atoms with E-state index in [1.54, 1.807) is 12.1 Å². The number of aliphatic hydroxyl groups is 1. The zero-order valence-corrected chi connectivity index (χ0v) is 9.72. The maximum atomic E-state index is 9.66. The number of benzene rings is 1. The van der Waals surface area contributed by atoms with Gasteiger partial charge in [-0.1, -0.05) is 23.2 Å². The van der Waals surface area contributed by atoms with Crippen LogP contribution in [0.25, 0.3) is 0 Å². The van der Waals surface area contributed by atoms with E-state index in [0.29, 0.717) is 10.0 Å². The van der Waals surface area contributed by atoms with E-state index in [2.05, 4.69) is 5.32 Å². The fourth-order valence-electron chi connectivity index (χ4n) is 1.92. The summed E-state index contributed by atoms with van der Waals surface area (Å²) in [5.41, 5.74) is 0.840. The molecule has 1 aromatic carbocycles. The van der Waals surface area contributed by atoms with Crippen molar-refractivity contribution in [3.63, 3.8) is 0 Å². The highest BCUT2D eigenvalue weighted by Crippen LogP contribution is 2.29. The van der Waals surface area contributed by atoms with E-state index in [0.717, 1.165) is 24.9 Å².